The van der Waals surface area contributed by atoms with Gasteiger partial charge in [0.25, 0.3) is 0 Å². The first-order chi connectivity index (χ1) is 21.7. The van der Waals surface area contributed by atoms with Gasteiger partial charge < -0.3 is 14.0 Å². The predicted molar refractivity (Wildman–Crippen MR) is 177 cm³/mol. The highest BCUT2D eigenvalue weighted by Gasteiger charge is 2.40. The van der Waals surface area contributed by atoms with E-state index in [4.69, 9.17) is 27.3 Å². The van der Waals surface area contributed by atoms with Crippen molar-refractivity contribution < 1.29 is 14.0 Å². The lowest BCUT2D eigenvalue weighted by Gasteiger charge is -2.15. The molecule has 207 valence electrons. The van der Waals surface area contributed by atoms with Gasteiger partial charge in [-0.3, -0.25) is 4.49 Å². The number of amidine groups is 1. The maximum absolute atomic E-state index is 5.63. The molecule has 1 radical (unpaired) electrons. The van der Waals surface area contributed by atoms with Crippen LogP contribution in [0.3, 0.4) is 0 Å². The van der Waals surface area contributed by atoms with Crippen LogP contribution in [0.2, 0.25) is 0 Å². The van der Waals surface area contributed by atoms with Gasteiger partial charge in [0.15, 0.2) is 0 Å². The molecule has 0 saturated carbocycles. The van der Waals surface area contributed by atoms with Gasteiger partial charge in [-0.25, -0.2) is 0 Å². The fourth-order valence-corrected chi connectivity index (χ4v) is 5.51. The molecule has 0 fully saturated rings. The number of rotatable bonds is 8. The van der Waals surface area contributed by atoms with E-state index in [9.17, 15) is 0 Å². The van der Waals surface area contributed by atoms with Crippen LogP contribution in [0.5, 0.6) is 11.5 Å². The average molecular weight is 567 g/mol. The van der Waals surface area contributed by atoms with Crippen LogP contribution >= 0.6 is 0 Å². The number of hydrogen-bond donors (Lipinski definition) is 0. The van der Waals surface area contributed by atoms with Crippen molar-refractivity contribution in [3.63, 3.8) is 0 Å². The molecule has 2 aliphatic rings. The van der Waals surface area contributed by atoms with Gasteiger partial charge in [0.05, 0.1) is 11.1 Å². The van der Waals surface area contributed by atoms with Gasteiger partial charge in [0, 0.05) is 11.3 Å². The predicted octanol–water partition coefficient (Wildman–Crippen LogP) is 6.87. The summed E-state index contributed by atoms with van der Waals surface area (Å²) in [7, 11) is 2.13. The molecule has 3 heterocycles. The summed E-state index contributed by atoms with van der Waals surface area (Å²) in [4.78, 5) is 5.37. The van der Waals surface area contributed by atoms with Crippen LogP contribution in [-0.2, 0) is 0 Å². The second kappa shape index (κ2) is 11.7. The third-order valence-electron chi connectivity index (χ3n) is 7.58. The molecule has 0 saturated heterocycles. The SMILES string of the molecule is C#CCOc1ccc(C2=[N+]3[B]n4c(-c5ccc(OCC#C)cc5)cc(-c5ccccc5)c4N=C3C(c3ccccc3)=C2)cc1. The van der Waals surface area contributed by atoms with Gasteiger partial charge in [-0.1, -0.05) is 72.5 Å². The summed E-state index contributed by atoms with van der Waals surface area (Å²) < 4.78 is 15.6. The zero-order valence-corrected chi connectivity index (χ0v) is 23.9. The van der Waals surface area contributed by atoms with Gasteiger partial charge in [0.1, 0.15) is 30.4 Å². The molecule has 0 N–H and O–H groups in total. The van der Waals surface area contributed by atoms with E-state index in [0.717, 1.165) is 67.9 Å². The monoisotopic (exact) mass is 567 g/mol. The van der Waals surface area contributed by atoms with Gasteiger partial charge in [-0.15, -0.1) is 12.8 Å². The van der Waals surface area contributed by atoms with Crippen molar-refractivity contribution in [3.05, 3.63) is 132 Å². The number of ether oxygens (including phenoxy) is 2. The van der Waals surface area contributed by atoms with Crippen molar-refractivity contribution in [2.45, 2.75) is 0 Å². The molecule has 0 spiro atoms. The van der Waals surface area contributed by atoms with Crippen LogP contribution < -0.4 is 9.47 Å². The number of nitrogens with zero attached hydrogens (tertiary/aromatic N) is 3. The van der Waals surface area contributed by atoms with Crippen molar-refractivity contribution in [2.24, 2.45) is 4.99 Å². The van der Waals surface area contributed by atoms with E-state index in [1.165, 1.54) is 0 Å². The lowest BCUT2D eigenvalue weighted by Crippen LogP contribution is -2.34. The molecule has 0 unspecified atom stereocenters. The highest BCUT2D eigenvalue weighted by Crippen LogP contribution is 2.41. The zero-order valence-electron chi connectivity index (χ0n) is 23.9. The number of aliphatic imine (C=N–C) groups is 1. The van der Waals surface area contributed by atoms with Gasteiger partial charge in [-0.2, -0.15) is 0 Å². The summed E-state index contributed by atoms with van der Waals surface area (Å²) in [5.74, 6) is 8.22. The van der Waals surface area contributed by atoms with Crippen LogP contribution in [0.15, 0.2) is 126 Å². The maximum Gasteiger partial charge on any atom is 0.555 e. The molecule has 0 atom stereocenters. The van der Waals surface area contributed by atoms with Crippen molar-refractivity contribution in [1.29, 1.82) is 0 Å². The Morgan fingerprint density at radius 1 is 0.682 bits per heavy atom. The van der Waals surface area contributed by atoms with E-state index >= 15 is 0 Å². The van der Waals surface area contributed by atoms with Crippen LogP contribution in [0.4, 0.5) is 5.82 Å². The smallest absolute Gasteiger partial charge is 0.481 e. The van der Waals surface area contributed by atoms with Crippen molar-refractivity contribution in [1.82, 2.24) is 4.48 Å². The Morgan fingerprint density at radius 2 is 1.25 bits per heavy atom. The van der Waals surface area contributed by atoms with E-state index in [-0.39, 0.29) is 13.2 Å². The molecular formula is C38H26BN3O2+. The van der Waals surface area contributed by atoms with Crippen molar-refractivity contribution >= 4 is 30.5 Å². The van der Waals surface area contributed by atoms with Crippen molar-refractivity contribution in [2.75, 3.05) is 13.2 Å². The molecule has 5 nitrogen and oxygen atoms in total. The number of benzene rings is 4. The Balaban J connectivity index is 1.39. The molecule has 0 bridgehead atoms. The Kier molecular flexibility index (Phi) is 7.16. The zero-order chi connectivity index (χ0) is 29.9. The Hall–Kier alpha value is -5.98. The van der Waals surface area contributed by atoms with Gasteiger partial charge >= 0.3 is 13.4 Å². The molecular weight excluding hydrogens is 541 g/mol. The fourth-order valence-electron chi connectivity index (χ4n) is 5.51. The topological polar surface area (TPSA) is 38.8 Å². The number of aromatic nitrogens is 1. The largest absolute Gasteiger partial charge is 0.555 e. The van der Waals surface area contributed by atoms with E-state index < -0.39 is 0 Å². The second-order valence-corrected chi connectivity index (χ2v) is 10.3. The molecule has 4 aromatic carbocycles. The summed E-state index contributed by atoms with van der Waals surface area (Å²) >= 11 is 0. The first-order valence-corrected chi connectivity index (χ1v) is 14.2. The summed E-state index contributed by atoms with van der Waals surface area (Å²) in [6.07, 6.45) is 13.0. The molecule has 2 aliphatic heterocycles. The summed E-state index contributed by atoms with van der Waals surface area (Å²) in [5.41, 5.74) is 8.37. The highest BCUT2D eigenvalue weighted by molar-refractivity contribution is 6.43. The second-order valence-electron chi connectivity index (χ2n) is 10.3. The van der Waals surface area contributed by atoms with Crippen LogP contribution in [0.25, 0.3) is 28.0 Å². The normalized spacial score (nSPS) is 13.0. The van der Waals surface area contributed by atoms with E-state index in [1.807, 2.05) is 60.7 Å². The quantitative estimate of drug-likeness (QED) is 0.152. The summed E-state index contributed by atoms with van der Waals surface area (Å²) in [5, 5.41) is 0. The van der Waals surface area contributed by atoms with Crippen LogP contribution in [-0.4, -0.2) is 41.3 Å². The standard InChI is InChI=1S/C38H26BN3O2/c1-3-23-43-31-19-15-29(16-20-31)35-25-33(27-11-7-5-8-12-27)37-40-38-34(28-13-9-6-10-14-28)26-36(42(38)39-41(35)37)30-17-21-32(22-18-30)44-24-4-2/h1-2,5-22,25-26H,23-24H2/q+1. The van der Waals surface area contributed by atoms with Gasteiger partial charge in [0.2, 0.25) is 5.82 Å². The number of hydrogen-bond acceptors (Lipinski definition) is 3. The first-order valence-electron chi connectivity index (χ1n) is 14.2. The van der Waals surface area contributed by atoms with E-state index in [2.05, 4.69) is 89.0 Å². The van der Waals surface area contributed by atoms with Crippen LogP contribution in [0.1, 0.15) is 11.1 Å². The van der Waals surface area contributed by atoms with E-state index in [0.29, 0.717) is 0 Å². The third kappa shape index (κ3) is 5.00. The fraction of sp³-hybridized carbons (Fsp3) is 0.0526. The minimum atomic E-state index is 0.227. The summed E-state index contributed by atoms with van der Waals surface area (Å²) in [6.45, 7) is 0.454. The van der Waals surface area contributed by atoms with Gasteiger partial charge in [-0.05, 0) is 82.4 Å². The third-order valence-corrected chi connectivity index (χ3v) is 7.58. The average Bonchev–Trinajstić information content (AvgIpc) is 3.65. The number of terminal acetylenes is 2. The Morgan fingerprint density at radius 3 is 1.84 bits per heavy atom. The Bertz CT molecular complexity index is 2020. The highest BCUT2D eigenvalue weighted by atomic mass is 16.5. The molecule has 44 heavy (non-hydrogen) atoms. The van der Waals surface area contributed by atoms with E-state index in [1.54, 1.807) is 0 Å². The number of allylic oxidation sites excluding steroid dienone is 1. The lowest BCUT2D eigenvalue weighted by molar-refractivity contribution is -0.236. The molecule has 7 rings (SSSR count). The minimum Gasteiger partial charge on any atom is -0.481 e. The number of fused-ring (bicyclic) bond motifs is 2. The summed E-state index contributed by atoms with van der Waals surface area (Å²) in [6, 6.07) is 38.9. The van der Waals surface area contributed by atoms with Crippen molar-refractivity contribution in [3.8, 4) is 58.6 Å². The molecule has 5 aromatic rings. The first kappa shape index (κ1) is 26.9. The maximum atomic E-state index is 5.63. The molecule has 1 aromatic heterocycles. The molecule has 0 amide bonds. The minimum absolute atomic E-state index is 0.227. The Labute approximate surface area is 257 Å². The van der Waals surface area contributed by atoms with Crippen LogP contribution in [0, 0.1) is 24.7 Å². The molecule has 6 heteroatoms. The molecule has 0 aliphatic carbocycles. The lowest BCUT2D eigenvalue weighted by atomic mass is 10.0.